The fourth-order valence-corrected chi connectivity index (χ4v) is 3.70. The zero-order valence-corrected chi connectivity index (χ0v) is 14.3. The minimum atomic E-state index is 0.278. The smallest absolute Gasteiger partial charge is 0.128 e. The lowest BCUT2D eigenvalue weighted by Gasteiger charge is -2.25. The zero-order valence-electron chi connectivity index (χ0n) is 13.4. The van der Waals surface area contributed by atoms with Crippen LogP contribution in [0.5, 0.6) is 5.75 Å². The van der Waals surface area contributed by atoms with Crippen molar-refractivity contribution < 1.29 is 4.74 Å². The predicted octanol–water partition coefficient (Wildman–Crippen LogP) is 4.61. The third kappa shape index (κ3) is 3.35. The second-order valence-corrected chi connectivity index (χ2v) is 6.88. The molecule has 1 N–H and O–H groups in total. The van der Waals surface area contributed by atoms with Crippen molar-refractivity contribution in [3.8, 4) is 27.4 Å². The van der Waals surface area contributed by atoms with Gasteiger partial charge in [-0.1, -0.05) is 36.4 Å². The first-order valence-corrected chi connectivity index (χ1v) is 9.25. The zero-order chi connectivity index (χ0) is 16.2. The predicted molar refractivity (Wildman–Crippen MR) is 99.5 cm³/mol. The molecule has 3 aromatic rings. The van der Waals surface area contributed by atoms with E-state index in [2.05, 4.69) is 52.8 Å². The van der Waals surface area contributed by atoms with E-state index in [9.17, 15) is 0 Å². The Bertz CT molecular complexity index is 781. The van der Waals surface area contributed by atoms with Crippen molar-refractivity contribution in [1.82, 2.24) is 10.3 Å². The number of hydrogen-bond donors (Lipinski definition) is 1. The highest BCUT2D eigenvalue weighted by atomic mass is 32.1. The maximum Gasteiger partial charge on any atom is 0.128 e. The average Bonchev–Trinajstić information content (AvgIpc) is 3.18. The van der Waals surface area contributed by atoms with Gasteiger partial charge in [0.05, 0.1) is 0 Å². The van der Waals surface area contributed by atoms with Gasteiger partial charge in [0, 0.05) is 22.7 Å². The molecular formula is C20H20N2OS. The van der Waals surface area contributed by atoms with Crippen LogP contribution in [0.4, 0.5) is 0 Å². The molecule has 0 unspecified atom stereocenters. The molecule has 1 saturated heterocycles. The lowest BCUT2D eigenvalue weighted by Crippen LogP contribution is -2.34. The molecule has 2 aromatic carbocycles. The molecule has 1 aliphatic rings. The van der Waals surface area contributed by atoms with Crippen molar-refractivity contribution in [2.45, 2.75) is 18.9 Å². The van der Waals surface area contributed by atoms with Gasteiger partial charge in [0.2, 0.25) is 0 Å². The van der Waals surface area contributed by atoms with E-state index in [1.54, 1.807) is 11.3 Å². The minimum Gasteiger partial charge on any atom is -0.490 e. The van der Waals surface area contributed by atoms with Gasteiger partial charge in [0.15, 0.2) is 0 Å². The average molecular weight is 336 g/mol. The number of nitrogens with one attached hydrogen (secondary N) is 1. The molecule has 0 spiro atoms. The quantitative estimate of drug-likeness (QED) is 0.755. The van der Waals surface area contributed by atoms with Crippen LogP contribution in [0.25, 0.3) is 21.7 Å². The van der Waals surface area contributed by atoms with E-state index in [0.717, 1.165) is 47.8 Å². The third-order valence-corrected chi connectivity index (χ3v) is 5.15. The van der Waals surface area contributed by atoms with Gasteiger partial charge in [-0.05, 0) is 43.6 Å². The Morgan fingerprint density at radius 3 is 2.58 bits per heavy atom. The summed E-state index contributed by atoms with van der Waals surface area (Å²) in [5, 5.41) is 6.43. The Morgan fingerprint density at radius 2 is 1.83 bits per heavy atom. The molecule has 1 fully saturated rings. The maximum absolute atomic E-state index is 6.42. The van der Waals surface area contributed by atoms with Crippen LogP contribution in [0.1, 0.15) is 12.8 Å². The summed E-state index contributed by atoms with van der Waals surface area (Å²) in [6, 6.07) is 16.9. The van der Waals surface area contributed by atoms with Crippen molar-refractivity contribution in [3.05, 3.63) is 60.1 Å². The van der Waals surface area contributed by atoms with E-state index < -0.39 is 0 Å². The molecule has 0 aliphatic carbocycles. The molecule has 0 radical (unpaired) electrons. The van der Waals surface area contributed by atoms with Crippen LogP contribution in [0.2, 0.25) is 0 Å². The SMILES string of the molecule is c1ccc(-c2ccc(-c3nccs3)cc2OC2CCNCC2)cc1. The van der Waals surface area contributed by atoms with Crippen LogP contribution < -0.4 is 10.1 Å². The van der Waals surface area contributed by atoms with E-state index in [1.807, 2.05) is 17.6 Å². The van der Waals surface area contributed by atoms with Crippen LogP contribution in [-0.2, 0) is 0 Å². The number of piperidine rings is 1. The topological polar surface area (TPSA) is 34.1 Å². The number of aromatic nitrogens is 1. The Kier molecular flexibility index (Phi) is 4.58. The number of benzene rings is 2. The van der Waals surface area contributed by atoms with E-state index in [0.29, 0.717) is 0 Å². The molecule has 0 saturated carbocycles. The molecule has 4 rings (SSSR count). The van der Waals surface area contributed by atoms with E-state index in [4.69, 9.17) is 4.74 Å². The Morgan fingerprint density at radius 1 is 1.00 bits per heavy atom. The highest BCUT2D eigenvalue weighted by Gasteiger charge is 2.17. The summed E-state index contributed by atoms with van der Waals surface area (Å²) >= 11 is 1.66. The normalized spacial score (nSPS) is 15.3. The minimum absolute atomic E-state index is 0.278. The van der Waals surface area contributed by atoms with E-state index >= 15 is 0 Å². The second-order valence-electron chi connectivity index (χ2n) is 5.98. The number of nitrogens with zero attached hydrogens (tertiary/aromatic N) is 1. The summed E-state index contributed by atoms with van der Waals surface area (Å²) in [5.41, 5.74) is 3.45. The molecule has 0 atom stereocenters. The third-order valence-electron chi connectivity index (χ3n) is 4.33. The molecule has 4 heteroatoms. The van der Waals surface area contributed by atoms with Crippen molar-refractivity contribution in [2.75, 3.05) is 13.1 Å². The van der Waals surface area contributed by atoms with Crippen molar-refractivity contribution in [2.24, 2.45) is 0 Å². The maximum atomic E-state index is 6.42. The monoisotopic (exact) mass is 336 g/mol. The first-order valence-electron chi connectivity index (χ1n) is 8.37. The summed E-state index contributed by atoms with van der Waals surface area (Å²) in [6.07, 6.45) is 4.23. The summed E-state index contributed by atoms with van der Waals surface area (Å²) in [5.74, 6) is 0.959. The first kappa shape index (κ1) is 15.4. The van der Waals surface area contributed by atoms with Crippen LogP contribution in [0.3, 0.4) is 0 Å². The number of rotatable bonds is 4. The first-order chi connectivity index (χ1) is 11.9. The Hall–Kier alpha value is -2.17. The molecule has 122 valence electrons. The van der Waals surface area contributed by atoms with Crippen LogP contribution in [0.15, 0.2) is 60.1 Å². The Labute approximate surface area is 146 Å². The van der Waals surface area contributed by atoms with Crippen LogP contribution >= 0.6 is 11.3 Å². The van der Waals surface area contributed by atoms with E-state index in [-0.39, 0.29) is 6.10 Å². The van der Waals surface area contributed by atoms with Gasteiger partial charge in [-0.3, -0.25) is 0 Å². The number of ether oxygens (including phenoxy) is 1. The summed E-state index contributed by atoms with van der Waals surface area (Å²) < 4.78 is 6.42. The number of hydrogen-bond acceptors (Lipinski definition) is 4. The highest BCUT2D eigenvalue weighted by Crippen LogP contribution is 2.36. The molecule has 0 bridgehead atoms. The van der Waals surface area contributed by atoms with Crippen molar-refractivity contribution >= 4 is 11.3 Å². The largest absolute Gasteiger partial charge is 0.490 e. The fourth-order valence-electron chi connectivity index (χ4n) is 3.07. The summed E-state index contributed by atoms with van der Waals surface area (Å²) in [7, 11) is 0. The van der Waals surface area contributed by atoms with Crippen molar-refractivity contribution in [1.29, 1.82) is 0 Å². The van der Waals surface area contributed by atoms with Gasteiger partial charge in [0.25, 0.3) is 0 Å². The van der Waals surface area contributed by atoms with Gasteiger partial charge in [-0.2, -0.15) is 0 Å². The molecule has 1 aliphatic heterocycles. The van der Waals surface area contributed by atoms with Crippen LogP contribution in [-0.4, -0.2) is 24.2 Å². The second kappa shape index (κ2) is 7.16. The van der Waals surface area contributed by atoms with Gasteiger partial charge in [0.1, 0.15) is 16.9 Å². The molecule has 3 nitrogen and oxygen atoms in total. The van der Waals surface area contributed by atoms with Crippen molar-refractivity contribution in [3.63, 3.8) is 0 Å². The van der Waals surface area contributed by atoms with Gasteiger partial charge < -0.3 is 10.1 Å². The Balaban J connectivity index is 1.72. The molecular weight excluding hydrogens is 316 g/mol. The van der Waals surface area contributed by atoms with E-state index in [1.165, 1.54) is 5.56 Å². The molecule has 24 heavy (non-hydrogen) atoms. The van der Waals surface area contributed by atoms with Gasteiger partial charge in [-0.25, -0.2) is 4.98 Å². The van der Waals surface area contributed by atoms with Crippen LogP contribution in [0, 0.1) is 0 Å². The summed E-state index contributed by atoms with van der Waals surface area (Å²) in [4.78, 5) is 4.43. The molecule has 0 amide bonds. The number of thiazole rings is 1. The standard InChI is InChI=1S/C20H20N2OS/c1-2-4-15(5-3-1)18-7-6-16(20-22-12-13-24-20)14-19(18)23-17-8-10-21-11-9-17/h1-7,12-14,17,21H,8-11H2. The molecule has 2 heterocycles. The van der Waals surface area contributed by atoms with Gasteiger partial charge in [-0.15, -0.1) is 11.3 Å². The lowest BCUT2D eigenvalue weighted by molar-refractivity contribution is 0.163. The highest BCUT2D eigenvalue weighted by molar-refractivity contribution is 7.13. The summed E-state index contributed by atoms with van der Waals surface area (Å²) in [6.45, 7) is 2.05. The lowest BCUT2D eigenvalue weighted by atomic mass is 10.0. The molecule has 1 aromatic heterocycles. The fraction of sp³-hybridized carbons (Fsp3) is 0.250. The van der Waals surface area contributed by atoms with Gasteiger partial charge >= 0.3 is 0 Å².